The van der Waals surface area contributed by atoms with Gasteiger partial charge in [-0.25, -0.2) is 0 Å². The minimum absolute atomic E-state index is 0.00758. The topological polar surface area (TPSA) is 112 Å². The lowest BCUT2D eigenvalue weighted by molar-refractivity contribution is -0.383. The van der Waals surface area contributed by atoms with Crippen LogP contribution in [0.15, 0.2) is 60.3 Å². The maximum Gasteiger partial charge on any atom is 0.292 e. The number of carbonyl (C=O) groups is 1. The number of aryl methyl sites for hydroxylation is 2. The zero-order valence-electron chi connectivity index (χ0n) is 18.6. The highest BCUT2D eigenvalue weighted by Crippen LogP contribution is 2.27. The summed E-state index contributed by atoms with van der Waals surface area (Å²) in [5.41, 5.74) is 2.19. The number of rotatable bonds is 10. The molecule has 1 unspecified atom stereocenters. The lowest BCUT2D eigenvalue weighted by Crippen LogP contribution is -2.16. The summed E-state index contributed by atoms with van der Waals surface area (Å²) in [7, 11) is 0. The largest absolute Gasteiger partial charge is 0.483 e. The van der Waals surface area contributed by atoms with E-state index in [0.717, 1.165) is 16.9 Å². The van der Waals surface area contributed by atoms with Crippen LogP contribution in [0.2, 0.25) is 0 Å². The molecule has 3 aromatic rings. The molecule has 1 amide bonds. The van der Waals surface area contributed by atoms with Crippen molar-refractivity contribution < 1.29 is 14.5 Å². The highest BCUT2D eigenvalue weighted by molar-refractivity contribution is 7.99. The fourth-order valence-corrected chi connectivity index (χ4v) is 4.08. The Kier molecular flexibility index (Phi) is 7.83. The number of nitro benzene ring substituents is 1. The number of carbonyl (C=O) groups excluding carboxylic acids is 1. The lowest BCUT2D eigenvalue weighted by Gasteiger charge is -2.16. The molecule has 0 aliphatic carbocycles. The molecule has 1 N–H and O–H groups in total. The summed E-state index contributed by atoms with van der Waals surface area (Å²) in [6.45, 7) is 10.1. The number of hydrogen-bond acceptors (Lipinski definition) is 7. The molecular formula is C23H25N5O4S. The molecule has 0 aliphatic rings. The molecular weight excluding hydrogens is 442 g/mol. The molecule has 9 nitrogen and oxygen atoms in total. The summed E-state index contributed by atoms with van der Waals surface area (Å²) < 4.78 is 7.93. The molecule has 0 saturated heterocycles. The van der Waals surface area contributed by atoms with E-state index < -0.39 is 4.92 Å². The van der Waals surface area contributed by atoms with Crippen LogP contribution in [0.5, 0.6) is 5.75 Å². The second-order valence-electron chi connectivity index (χ2n) is 7.43. The highest BCUT2D eigenvalue weighted by Gasteiger charge is 2.21. The molecule has 3 rings (SSSR count). The number of amides is 1. The summed E-state index contributed by atoms with van der Waals surface area (Å²) in [6.07, 6.45) is 1.34. The fraction of sp³-hybridized carbons (Fsp3) is 0.261. The van der Waals surface area contributed by atoms with Crippen molar-refractivity contribution in [2.75, 3.05) is 11.1 Å². The van der Waals surface area contributed by atoms with Gasteiger partial charge in [0.05, 0.1) is 10.7 Å². The van der Waals surface area contributed by atoms with Gasteiger partial charge in [-0.15, -0.1) is 16.8 Å². The Bertz CT molecular complexity index is 1160. The van der Waals surface area contributed by atoms with Crippen molar-refractivity contribution in [1.29, 1.82) is 0 Å². The fourth-order valence-electron chi connectivity index (χ4n) is 3.32. The minimum Gasteiger partial charge on any atom is -0.483 e. The van der Waals surface area contributed by atoms with Crippen LogP contribution < -0.4 is 10.1 Å². The van der Waals surface area contributed by atoms with E-state index in [1.54, 1.807) is 18.2 Å². The van der Waals surface area contributed by atoms with Gasteiger partial charge in [0, 0.05) is 12.6 Å². The highest BCUT2D eigenvalue weighted by atomic mass is 32.2. The summed E-state index contributed by atoms with van der Waals surface area (Å²) in [4.78, 5) is 23.0. The molecule has 0 spiro atoms. The van der Waals surface area contributed by atoms with Crippen molar-refractivity contribution in [1.82, 2.24) is 14.8 Å². The van der Waals surface area contributed by atoms with Crippen LogP contribution >= 0.6 is 11.8 Å². The number of ether oxygens (including phenoxy) is 1. The molecule has 172 valence electrons. The van der Waals surface area contributed by atoms with E-state index >= 15 is 0 Å². The molecule has 0 bridgehead atoms. The zero-order valence-corrected chi connectivity index (χ0v) is 19.5. The lowest BCUT2D eigenvalue weighted by atomic mass is 10.1. The van der Waals surface area contributed by atoms with Crippen molar-refractivity contribution in [3.63, 3.8) is 0 Å². The molecule has 33 heavy (non-hydrogen) atoms. The monoisotopic (exact) mass is 467 g/mol. The van der Waals surface area contributed by atoms with E-state index in [9.17, 15) is 14.9 Å². The van der Waals surface area contributed by atoms with Crippen molar-refractivity contribution in [2.24, 2.45) is 0 Å². The van der Waals surface area contributed by atoms with E-state index in [1.807, 2.05) is 37.5 Å². The smallest absolute Gasteiger partial charge is 0.292 e. The van der Waals surface area contributed by atoms with Crippen molar-refractivity contribution in [2.45, 2.75) is 38.6 Å². The third kappa shape index (κ3) is 6.19. The second-order valence-corrected chi connectivity index (χ2v) is 8.38. The number of nitro groups is 1. The molecule has 0 radical (unpaired) electrons. The van der Waals surface area contributed by atoms with E-state index in [-0.39, 0.29) is 29.1 Å². The first-order valence-electron chi connectivity index (χ1n) is 10.2. The predicted molar refractivity (Wildman–Crippen MR) is 128 cm³/mol. The maximum atomic E-state index is 12.4. The van der Waals surface area contributed by atoms with Crippen LogP contribution in [0.3, 0.4) is 0 Å². The first-order valence-corrected chi connectivity index (χ1v) is 11.2. The number of benzene rings is 2. The average Bonchev–Trinajstić information content (AvgIpc) is 3.15. The van der Waals surface area contributed by atoms with Crippen LogP contribution in [0.1, 0.15) is 30.0 Å². The Labute approximate surface area is 196 Å². The Morgan fingerprint density at radius 3 is 2.64 bits per heavy atom. The Morgan fingerprint density at radius 1 is 1.27 bits per heavy atom. The summed E-state index contributed by atoms with van der Waals surface area (Å²) in [5.74, 6) is 0.971. The third-order valence-electron chi connectivity index (χ3n) is 4.64. The summed E-state index contributed by atoms with van der Waals surface area (Å²) in [6, 6.07) is 12.0. The predicted octanol–water partition coefficient (Wildman–Crippen LogP) is 4.86. The van der Waals surface area contributed by atoms with Crippen LogP contribution in [0.25, 0.3) is 0 Å². The molecule has 0 fully saturated rings. The van der Waals surface area contributed by atoms with Gasteiger partial charge in [-0.05, 0) is 50.1 Å². The van der Waals surface area contributed by atoms with Gasteiger partial charge in [-0.1, -0.05) is 36.0 Å². The molecule has 0 aliphatic heterocycles. The Hall–Kier alpha value is -3.66. The van der Waals surface area contributed by atoms with Crippen LogP contribution in [0, 0.1) is 24.0 Å². The Morgan fingerprint density at radius 2 is 1.97 bits per heavy atom. The number of aromatic nitrogens is 3. The SMILES string of the molecule is C=CCn1c(SCC(=O)Nc2ccccc2[N+](=O)[O-])nnc1C(C)Oc1cc(C)cc(C)c1. The number of anilines is 1. The van der Waals surface area contributed by atoms with Gasteiger partial charge in [0.2, 0.25) is 5.91 Å². The Balaban J connectivity index is 1.71. The van der Waals surface area contributed by atoms with Gasteiger partial charge >= 0.3 is 0 Å². The van der Waals surface area contributed by atoms with Gasteiger partial charge < -0.3 is 10.1 Å². The summed E-state index contributed by atoms with van der Waals surface area (Å²) >= 11 is 1.18. The molecule has 10 heteroatoms. The normalized spacial score (nSPS) is 11.6. The number of nitrogens with zero attached hydrogens (tertiary/aromatic N) is 4. The zero-order chi connectivity index (χ0) is 24.0. The number of hydrogen-bond donors (Lipinski definition) is 1. The van der Waals surface area contributed by atoms with Gasteiger partial charge in [0.25, 0.3) is 5.69 Å². The van der Waals surface area contributed by atoms with Crippen molar-refractivity contribution in [3.05, 3.63) is 82.2 Å². The summed E-state index contributed by atoms with van der Waals surface area (Å²) in [5, 5.41) is 22.7. The van der Waals surface area contributed by atoms with Crippen LogP contribution in [-0.2, 0) is 11.3 Å². The second kappa shape index (κ2) is 10.8. The first-order chi connectivity index (χ1) is 15.8. The molecule has 2 aromatic carbocycles. The van der Waals surface area contributed by atoms with Gasteiger partial charge in [0.15, 0.2) is 17.1 Å². The molecule has 0 saturated carbocycles. The van der Waals surface area contributed by atoms with Crippen LogP contribution in [0.4, 0.5) is 11.4 Å². The number of nitrogens with one attached hydrogen (secondary N) is 1. The van der Waals surface area contributed by atoms with E-state index in [2.05, 4.69) is 28.2 Å². The van der Waals surface area contributed by atoms with Crippen molar-refractivity contribution in [3.8, 4) is 5.75 Å². The number of thioether (sulfide) groups is 1. The number of para-hydroxylation sites is 2. The van der Waals surface area contributed by atoms with E-state index in [0.29, 0.717) is 17.5 Å². The van der Waals surface area contributed by atoms with E-state index in [4.69, 9.17) is 4.74 Å². The van der Waals surface area contributed by atoms with Gasteiger partial charge in [-0.2, -0.15) is 0 Å². The van der Waals surface area contributed by atoms with Gasteiger partial charge in [-0.3, -0.25) is 19.5 Å². The molecule has 1 atom stereocenters. The van der Waals surface area contributed by atoms with Gasteiger partial charge in [0.1, 0.15) is 11.4 Å². The van der Waals surface area contributed by atoms with E-state index in [1.165, 1.54) is 23.9 Å². The van der Waals surface area contributed by atoms with Crippen LogP contribution in [-0.4, -0.2) is 31.3 Å². The standard InChI is InChI=1S/C23H25N5O4S/c1-5-10-27-22(17(4)32-18-12-15(2)11-16(3)13-18)25-26-23(27)33-14-21(29)24-19-8-6-7-9-20(19)28(30)31/h5-9,11-13,17H,1,10,14H2,2-4H3,(H,24,29). The minimum atomic E-state index is -0.535. The number of allylic oxidation sites excluding steroid dienone is 1. The molecule has 1 aromatic heterocycles. The van der Waals surface area contributed by atoms with Crippen molar-refractivity contribution >= 4 is 29.0 Å². The average molecular weight is 468 g/mol. The third-order valence-corrected chi connectivity index (χ3v) is 5.60. The molecule has 1 heterocycles. The maximum absolute atomic E-state index is 12.4. The first kappa shape index (κ1) is 24.0. The quantitative estimate of drug-likeness (QED) is 0.196.